The van der Waals surface area contributed by atoms with E-state index in [1.165, 1.54) is 5.32 Å². The first-order chi connectivity index (χ1) is 8.18. The Hall–Kier alpha value is -0.550. The van der Waals surface area contributed by atoms with Crippen LogP contribution in [0.25, 0.3) is 0 Å². The average Bonchev–Trinajstić information content (AvgIpc) is 2.27. The maximum Gasteiger partial charge on any atom is 0.471 e. The molecule has 0 aromatic heterocycles. The van der Waals surface area contributed by atoms with Crippen LogP contribution < -0.4 is 5.32 Å². The fourth-order valence-corrected chi connectivity index (χ4v) is 2.65. The van der Waals surface area contributed by atoms with E-state index < -0.39 is 47.6 Å². The molecule has 10 heteroatoms. The molecule has 0 aromatic carbocycles. The van der Waals surface area contributed by atoms with Crippen LogP contribution in [0.5, 0.6) is 0 Å². The molecule has 0 bridgehead atoms. The molecule has 0 saturated carbocycles. The molecule has 1 heterocycles. The minimum absolute atomic E-state index is 0.570. The van der Waals surface area contributed by atoms with Crippen molar-refractivity contribution in [3.8, 4) is 0 Å². The Labute approximate surface area is 104 Å². The van der Waals surface area contributed by atoms with Crippen molar-refractivity contribution in [1.29, 1.82) is 0 Å². The van der Waals surface area contributed by atoms with E-state index in [-0.39, 0.29) is 0 Å². The van der Waals surface area contributed by atoms with Crippen LogP contribution in [0.1, 0.15) is 0 Å². The lowest BCUT2D eigenvalue weighted by Gasteiger charge is -2.39. The van der Waals surface area contributed by atoms with Crippen LogP contribution in [0, 0.1) is 0 Å². The molecule has 18 heavy (non-hydrogen) atoms. The van der Waals surface area contributed by atoms with Crippen molar-refractivity contribution in [3.63, 3.8) is 0 Å². The number of hydrogen-bond acceptors (Lipinski definition) is 6. The van der Waals surface area contributed by atoms with Gasteiger partial charge in [0.05, 0.1) is 24.0 Å². The van der Waals surface area contributed by atoms with E-state index in [4.69, 9.17) is 5.11 Å². The Kier molecular flexibility index (Phi) is 4.84. The van der Waals surface area contributed by atoms with E-state index in [9.17, 15) is 33.3 Å². The second kappa shape index (κ2) is 5.61. The van der Waals surface area contributed by atoms with Gasteiger partial charge in [0.15, 0.2) is 0 Å². The van der Waals surface area contributed by atoms with Gasteiger partial charge in [-0.15, -0.1) is 11.8 Å². The van der Waals surface area contributed by atoms with E-state index in [0.717, 1.165) is 0 Å². The summed E-state index contributed by atoms with van der Waals surface area (Å²) in [6.07, 6.45) is -8.50. The third-order valence-electron chi connectivity index (χ3n) is 2.46. The zero-order chi connectivity index (χ0) is 14.1. The van der Waals surface area contributed by atoms with Crippen LogP contribution in [-0.2, 0) is 4.79 Å². The Bertz CT molecular complexity index is 316. The maximum absolute atomic E-state index is 12.0. The molecule has 6 nitrogen and oxygen atoms in total. The number of alkyl halides is 3. The number of amides is 1. The van der Waals surface area contributed by atoms with Gasteiger partial charge in [0.1, 0.15) is 11.5 Å². The van der Waals surface area contributed by atoms with Crippen molar-refractivity contribution in [2.24, 2.45) is 0 Å². The van der Waals surface area contributed by atoms with Crippen LogP contribution in [0.4, 0.5) is 13.2 Å². The van der Waals surface area contributed by atoms with E-state index in [1.807, 2.05) is 0 Å². The van der Waals surface area contributed by atoms with Gasteiger partial charge in [-0.1, -0.05) is 0 Å². The fraction of sp³-hybridized carbons (Fsp3) is 0.875. The Morgan fingerprint density at radius 1 is 1.22 bits per heavy atom. The van der Waals surface area contributed by atoms with Crippen LogP contribution in [0.2, 0.25) is 0 Å². The number of aliphatic hydroxyl groups excluding tert-OH is 4. The summed E-state index contributed by atoms with van der Waals surface area (Å²) in [5.41, 5.74) is -1.56. The zero-order valence-corrected chi connectivity index (χ0v) is 9.65. The lowest BCUT2D eigenvalue weighted by Crippen LogP contribution is -2.62. The number of halogens is 3. The van der Waals surface area contributed by atoms with E-state index >= 15 is 0 Å². The molecular formula is C8H12F3NO5S. The van der Waals surface area contributed by atoms with Gasteiger partial charge < -0.3 is 25.7 Å². The molecule has 0 aliphatic carbocycles. The summed E-state index contributed by atoms with van der Waals surface area (Å²) in [5, 5.41) is 37.7. The molecule has 1 saturated heterocycles. The number of carbonyl (C=O) groups excluding carboxylic acids is 1. The van der Waals surface area contributed by atoms with Crippen LogP contribution in [0.3, 0.4) is 0 Å². The van der Waals surface area contributed by atoms with Gasteiger partial charge in [0.25, 0.3) is 0 Å². The molecule has 1 fully saturated rings. The first-order valence-electron chi connectivity index (χ1n) is 4.86. The summed E-state index contributed by atoms with van der Waals surface area (Å²) < 4.78 is 36.0. The number of rotatable bonds is 2. The van der Waals surface area contributed by atoms with E-state index in [1.54, 1.807) is 0 Å². The third kappa shape index (κ3) is 3.26. The van der Waals surface area contributed by atoms with Crippen molar-refractivity contribution >= 4 is 17.7 Å². The normalized spacial score (nSPS) is 37.4. The molecule has 1 aliphatic rings. The minimum atomic E-state index is -5.15. The van der Waals surface area contributed by atoms with Crippen molar-refractivity contribution in [3.05, 3.63) is 0 Å². The predicted octanol–water partition coefficient (Wildman–Crippen LogP) is -1.82. The fourth-order valence-electron chi connectivity index (χ4n) is 1.49. The van der Waals surface area contributed by atoms with Gasteiger partial charge in [-0.3, -0.25) is 4.79 Å². The second-order valence-electron chi connectivity index (χ2n) is 3.73. The number of nitrogens with one attached hydrogen (secondary N) is 1. The molecule has 5 N–H and O–H groups in total. The maximum atomic E-state index is 12.0. The molecule has 0 spiro atoms. The highest BCUT2D eigenvalue weighted by Gasteiger charge is 2.47. The van der Waals surface area contributed by atoms with Crippen molar-refractivity contribution < 1.29 is 38.4 Å². The Morgan fingerprint density at radius 3 is 2.22 bits per heavy atom. The highest BCUT2D eigenvalue weighted by Crippen LogP contribution is 2.31. The molecule has 5 atom stereocenters. The number of thioether (sulfide) groups is 1. The summed E-state index contributed by atoms with van der Waals surface area (Å²) in [6, 6.07) is -1.66. The van der Waals surface area contributed by atoms with E-state index in [2.05, 4.69) is 0 Å². The zero-order valence-electron chi connectivity index (χ0n) is 8.83. The summed E-state index contributed by atoms with van der Waals surface area (Å²) in [5.74, 6) is -2.32. The predicted molar refractivity (Wildman–Crippen MR) is 54.5 cm³/mol. The SMILES string of the molecule is O=C(NC1C(O)SC(CO)[C@@H](O)C1O)C(F)(F)F. The van der Waals surface area contributed by atoms with Gasteiger partial charge in [0.2, 0.25) is 0 Å². The van der Waals surface area contributed by atoms with Gasteiger partial charge in [-0.2, -0.15) is 13.2 Å². The third-order valence-corrected chi connectivity index (χ3v) is 3.80. The van der Waals surface area contributed by atoms with Crippen LogP contribution in [-0.4, -0.2) is 68.1 Å². The molecule has 1 rings (SSSR count). The van der Waals surface area contributed by atoms with Crippen molar-refractivity contribution in [2.75, 3.05) is 6.61 Å². The van der Waals surface area contributed by atoms with Gasteiger partial charge in [0, 0.05) is 0 Å². The van der Waals surface area contributed by atoms with Crippen molar-refractivity contribution in [1.82, 2.24) is 5.32 Å². The first kappa shape index (κ1) is 15.5. The number of hydrogen-bond donors (Lipinski definition) is 5. The second-order valence-corrected chi connectivity index (χ2v) is 5.09. The highest BCUT2D eigenvalue weighted by atomic mass is 32.2. The number of carbonyl (C=O) groups is 1. The Balaban J connectivity index is 2.74. The largest absolute Gasteiger partial charge is 0.471 e. The van der Waals surface area contributed by atoms with Crippen LogP contribution in [0.15, 0.2) is 0 Å². The molecule has 0 aromatic rings. The van der Waals surface area contributed by atoms with E-state index in [0.29, 0.717) is 11.8 Å². The smallest absolute Gasteiger partial charge is 0.395 e. The van der Waals surface area contributed by atoms with Crippen LogP contribution >= 0.6 is 11.8 Å². The molecule has 106 valence electrons. The average molecular weight is 291 g/mol. The minimum Gasteiger partial charge on any atom is -0.395 e. The topological polar surface area (TPSA) is 110 Å². The first-order valence-corrected chi connectivity index (χ1v) is 5.81. The molecular weight excluding hydrogens is 279 g/mol. The quantitative estimate of drug-likeness (QED) is 0.410. The van der Waals surface area contributed by atoms with Gasteiger partial charge in [-0.05, 0) is 0 Å². The highest BCUT2D eigenvalue weighted by molar-refractivity contribution is 8.00. The van der Waals surface area contributed by atoms with Gasteiger partial charge >= 0.3 is 12.1 Å². The molecule has 4 unspecified atom stereocenters. The number of aliphatic hydroxyl groups is 4. The van der Waals surface area contributed by atoms with Gasteiger partial charge in [-0.25, -0.2) is 0 Å². The van der Waals surface area contributed by atoms with Crippen molar-refractivity contribution in [2.45, 2.75) is 35.1 Å². The standard InChI is InChI=1S/C8H12F3NO5S/c9-8(10,11)7(17)12-3-5(15)4(14)2(1-13)18-6(3)16/h2-6,13-16H,1H2,(H,12,17)/t2?,3?,4-,5?,6?/m1/s1. The molecule has 1 aliphatic heterocycles. The summed E-state index contributed by atoms with van der Waals surface area (Å²) in [6.45, 7) is -0.570. The molecule has 1 amide bonds. The summed E-state index contributed by atoms with van der Waals surface area (Å²) >= 11 is 0.572. The monoisotopic (exact) mass is 291 g/mol. The Morgan fingerprint density at radius 2 is 1.78 bits per heavy atom. The summed E-state index contributed by atoms with van der Waals surface area (Å²) in [7, 11) is 0. The summed E-state index contributed by atoms with van der Waals surface area (Å²) in [4.78, 5) is 10.7. The lowest BCUT2D eigenvalue weighted by molar-refractivity contribution is -0.176. The lowest BCUT2D eigenvalue weighted by atomic mass is 10.0. The molecule has 0 radical (unpaired) electrons.